The Morgan fingerprint density at radius 2 is 1.82 bits per heavy atom. The zero-order valence-electron chi connectivity index (χ0n) is 11.1. The van der Waals surface area contributed by atoms with Crippen LogP contribution in [0.25, 0.3) is 0 Å². The van der Waals surface area contributed by atoms with Gasteiger partial charge in [-0.05, 0) is 30.5 Å². The maximum Gasteiger partial charge on any atom is 0.119 e. The van der Waals surface area contributed by atoms with Crippen LogP contribution < -0.4 is 4.74 Å². The fourth-order valence-corrected chi connectivity index (χ4v) is 1.61. The van der Waals surface area contributed by atoms with Crippen LogP contribution in [0.2, 0.25) is 0 Å². The van der Waals surface area contributed by atoms with E-state index >= 15 is 0 Å². The van der Waals surface area contributed by atoms with Crippen LogP contribution in [0.15, 0.2) is 24.3 Å². The third kappa shape index (κ3) is 5.58. The molecule has 0 aromatic heterocycles. The normalized spacial score (nSPS) is 11.5. The second-order valence-electron chi connectivity index (χ2n) is 5.33. The van der Waals surface area contributed by atoms with Crippen molar-refractivity contribution >= 4 is 15.9 Å². The van der Waals surface area contributed by atoms with E-state index in [2.05, 4.69) is 61.0 Å². The smallest absolute Gasteiger partial charge is 0.119 e. The van der Waals surface area contributed by atoms with Gasteiger partial charge in [0.2, 0.25) is 0 Å². The predicted molar refractivity (Wildman–Crippen MR) is 78.1 cm³/mol. The number of benzene rings is 1. The van der Waals surface area contributed by atoms with E-state index in [1.807, 2.05) is 0 Å². The Morgan fingerprint density at radius 1 is 1.18 bits per heavy atom. The van der Waals surface area contributed by atoms with E-state index in [0.717, 1.165) is 17.7 Å². The quantitative estimate of drug-likeness (QED) is 0.655. The third-order valence-corrected chi connectivity index (χ3v) is 4.25. The first-order valence-electron chi connectivity index (χ1n) is 6.35. The molecular weight excluding hydrogens is 276 g/mol. The van der Waals surface area contributed by atoms with Gasteiger partial charge in [0.1, 0.15) is 5.75 Å². The first-order valence-corrected chi connectivity index (χ1v) is 7.47. The summed E-state index contributed by atoms with van der Waals surface area (Å²) in [5.74, 6) is 0.972. The molecule has 0 amide bonds. The van der Waals surface area contributed by atoms with Crippen molar-refractivity contribution < 1.29 is 4.74 Å². The van der Waals surface area contributed by atoms with Crippen LogP contribution in [0.5, 0.6) is 5.75 Å². The minimum absolute atomic E-state index is 0.181. The van der Waals surface area contributed by atoms with Crippen molar-refractivity contribution in [2.75, 3.05) is 11.9 Å². The number of halogens is 1. The van der Waals surface area contributed by atoms with Crippen LogP contribution in [0, 0.1) is 5.41 Å². The first kappa shape index (κ1) is 14.6. The van der Waals surface area contributed by atoms with Crippen LogP contribution in [0.1, 0.15) is 39.2 Å². The summed E-state index contributed by atoms with van der Waals surface area (Å²) < 4.78 is 5.79. The second-order valence-corrected chi connectivity index (χ2v) is 5.89. The van der Waals surface area contributed by atoms with Gasteiger partial charge < -0.3 is 4.74 Å². The molecule has 0 aliphatic rings. The predicted octanol–water partition coefficient (Wildman–Crippen LogP) is 4.83. The largest absolute Gasteiger partial charge is 0.493 e. The van der Waals surface area contributed by atoms with E-state index in [-0.39, 0.29) is 5.41 Å². The highest BCUT2D eigenvalue weighted by molar-refractivity contribution is 9.09. The number of unbranched alkanes of at least 4 members (excludes halogenated alkanes) is 1. The van der Waals surface area contributed by atoms with E-state index in [1.54, 1.807) is 0 Å². The lowest BCUT2D eigenvalue weighted by molar-refractivity contribution is 0.203. The highest BCUT2D eigenvalue weighted by Gasteiger charge is 2.16. The molecule has 0 unspecified atom stereocenters. The van der Waals surface area contributed by atoms with Crippen LogP contribution in [0.4, 0.5) is 0 Å². The van der Waals surface area contributed by atoms with Gasteiger partial charge in [0.15, 0.2) is 0 Å². The maximum atomic E-state index is 5.79. The van der Waals surface area contributed by atoms with Gasteiger partial charge in [0, 0.05) is 10.7 Å². The average molecular weight is 299 g/mol. The fourth-order valence-electron chi connectivity index (χ4n) is 1.45. The summed E-state index contributed by atoms with van der Waals surface area (Å²) >= 11 is 3.50. The summed E-state index contributed by atoms with van der Waals surface area (Å²) in [6.45, 7) is 7.35. The zero-order valence-corrected chi connectivity index (χ0v) is 12.7. The van der Waals surface area contributed by atoms with Crippen LogP contribution in [-0.2, 0) is 6.42 Å². The van der Waals surface area contributed by atoms with E-state index < -0.39 is 0 Å². The number of hydrogen-bond acceptors (Lipinski definition) is 1. The van der Waals surface area contributed by atoms with Crippen molar-refractivity contribution in [3.8, 4) is 5.75 Å². The molecule has 0 N–H and O–H groups in total. The Morgan fingerprint density at radius 3 is 2.35 bits per heavy atom. The molecule has 0 fully saturated rings. The molecule has 0 atom stereocenters. The van der Waals surface area contributed by atoms with Gasteiger partial charge in [0.05, 0.1) is 6.61 Å². The first-order chi connectivity index (χ1) is 8.07. The van der Waals surface area contributed by atoms with Crippen molar-refractivity contribution in [2.24, 2.45) is 5.41 Å². The van der Waals surface area contributed by atoms with Crippen molar-refractivity contribution in [2.45, 2.75) is 40.0 Å². The SMILES string of the molecule is CCCCc1ccc(OCC(C)(C)CBr)cc1. The van der Waals surface area contributed by atoms with Crippen molar-refractivity contribution in [3.05, 3.63) is 29.8 Å². The molecule has 0 spiro atoms. The molecule has 17 heavy (non-hydrogen) atoms. The third-order valence-electron chi connectivity index (χ3n) is 2.73. The summed E-state index contributed by atoms with van der Waals surface area (Å²) in [5.41, 5.74) is 1.58. The summed E-state index contributed by atoms with van der Waals surface area (Å²) in [6, 6.07) is 8.50. The molecule has 0 heterocycles. The molecule has 0 bridgehead atoms. The molecule has 96 valence electrons. The number of hydrogen-bond donors (Lipinski definition) is 0. The lowest BCUT2D eigenvalue weighted by Crippen LogP contribution is -2.22. The Labute approximate surface area is 114 Å². The Balaban J connectivity index is 2.45. The summed E-state index contributed by atoms with van der Waals surface area (Å²) in [5, 5.41) is 0.953. The van der Waals surface area contributed by atoms with E-state index in [0.29, 0.717) is 0 Å². The minimum atomic E-state index is 0.181. The van der Waals surface area contributed by atoms with E-state index in [1.165, 1.54) is 24.8 Å². The van der Waals surface area contributed by atoms with E-state index in [4.69, 9.17) is 4.74 Å². The highest BCUT2D eigenvalue weighted by atomic mass is 79.9. The monoisotopic (exact) mass is 298 g/mol. The fraction of sp³-hybridized carbons (Fsp3) is 0.600. The Kier molecular flexibility index (Phi) is 6.04. The maximum absolute atomic E-state index is 5.79. The summed E-state index contributed by atoms with van der Waals surface area (Å²) in [7, 11) is 0. The lowest BCUT2D eigenvalue weighted by atomic mass is 9.98. The molecule has 0 aliphatic carbocycles. The average Bonchev–Trinajstić information content (AvgIpc) is 2.35. The second kappa shape index (κ2) is 7.05. The van der Waals surface area contributed by atoms with Gasteiger partial charge in [-0.3, -0.25) is 0 Å². The molecule has 1 aromatic carbocycles. The lowest BCUT2D eigenvalue weighted by Gasteiger charge is -2.21. The van der Waals surface area contributed by atoms with Gasteiger partial charge in [-0.25, -0.2) is 0 Å². The molecule has 0 saturated carbocycles. The number of alkyl halides is 1. The molecule has 0 radical (unpaired) electrons. The molecule has 2 heteroatoms. The number of rotatable bonds is 7. The van der Waals surface area contributed by atoms with Crippen molar-refractivity contribution in [1.82, 2.24) is 0 Å². The molecular formula is C15H23BrO. The van der Waals surface area contributed by atoms with Gasteiger partial charge >= 0.3 is 0 Å². The molecule has 1 nitrogen and oxygen atoms in total. The summed E-state index contributed by atoms with van der Waals surface area (Å²) in [6.07, 6.45) is 3.68. The van der Waals surface area contributed by atoms with Crippen molar-refractivity contribution in [1.29, 1.82) is 0 Å². The summed E-state index contributed by atoms with van der Waals surface area (Å²) in [4.78, 5) is 0. The van der Waals surface area contributed by atoms with E-state index in [9.17, 15) is 0 Å². The Hall–Kier alpha value is -0.500. The number of aryl methyl sites for hydroxylation is 1. The standard InChI is InChI=1S/C15H23BrO/c1-4-5-6-13-7-9-14(10-8-13)17-12-15(2,3)11-16/h7-10H,4-6,11-12H2,1-3H3. The molecule has 0 saturated heterocycles. The topological polar surface area (TPSA) is 9.23 Å². The van der Waals surface area contributed by atoms with Gasteiger partial charge in [-0.2, -0.15) is 0 Å². The molecule has 1 rings (SSSR count). The molecule has 1 aromatic rings. The highest BCUT2D eigenvalue weighted by Crippen LogP contribution is 2.21. The molecule has 0 aliphatic heterocycles. The van der Waals surface area contributed by atoms with Crippen molar-refractivity contribution in [3.63, 3.8) is 0 Å². The van der Waals surface area contributed by atoms with Gasteiger partial charge in [-0.1, -0.05) is 55.3 Å². The van der Waals surface area contributed by atoms with Gasteiger partial charge in [0.25, 0.3) is 0 Å². The zero-order chi connectivity index (χ0) is 12.7. The van der Waals surface area contributed by atoms with Crippen LogP contribution in [0.3, 0.4) is 0 Å². The Bertz CT molecular complexity index is 316. The van der Waals surface area contributed by atoms with Gasteiger partial charge in [-0.15, -0.1) is 0 Å². The van der Waals surface area contributed by atoms with Crippen LogP contribution >= 0.6 is 15.9 Å². The number of ether oxygens (including phenoxy) is 1. The van der Waals surface area contributed by atoms with Crippen LogP contribution in [-0.4, -0.2) is 11.9 Å². The minimum Gasteiger partial charge on any atom is -0.493 e.